The van der Waals surface area contributed by atoms with E-state index in [-0.39, 0.29) is 26.9 Å². The maximum Gasteiger partial charge on any atom is 0.353 e. The van der Waals surface area contributed by atoms with Gasteiger partial charge in [0.25, 0.3) is 11.8 Å². The van der Waals surface area contributed by atoms with Crippen LogP contribution in [0.5, 0.6) is 0 Å². The van der Waals surface area contributed by atoms with Gasteiger partial charge in [0, 0.05) is 45.5 Å². The fourth-order valence-electron chi connectivity index (χ4n) is 3.65. The van der Waals surface area contributed by atoms with E-state index in [2.05, 4.69) is 20.4 Å². The molecular formula is C21H22ClN7O5S4. The molecule has 7 N–H and O–H groups in total. The number of oxime groups is 1. The van der Waals surface area contributed by atoms with Crippen molar-refractivity contribution in [3.63, 3.8) is 0 Å². The summed E-state index contributed by atoms with van der Waals surface area (Å²) in [6, 6.07) is 0.817. The first-order valence-electron chi connectivity index (χ1n) is 10.9. The van der Waals surface area contributed by atoms with Crippen LogP contribution >= 0.6 is 58.2 Å². The third kappa shape index (κ3) is 5.89. The lowest BCUT2D eigenvalue weighted by atomic mass is 10.0. The number of nitrogens with two attached hydrogens (primary N) is 2. The Balaban J connectivity index is 1.51. The molecule has 17 heteroatoms. The number of nitrogen functional groups attached to an aromatic ring is 1. The molecule has 2 aliphatic rings. The van der Waals surface area contributed by atoms with Gasteiger partial charge in [-0.1, -0.05) is 39.9 Å². The summed E-state index contributed by atoms with van der Waals surface area (Å²) in [7, 11) is 0. The predicted octanol–water partition coefficient (Wildman–Crippen LogP) is 2.02. The highest BCUT2D eigenvalue weighted by Gasteiger charge is 2.54. The number of amides is 2. The Morgan fingerprint density at radius 2 is 2.21 bits per heavy atom. The molecule has 3 atom stereocenters. The molecule has 2 aromatic rings. The van der Waals surface area contributed by atoms with Crippen LogP contribution in [0.4, 0.5) is 5.13 Å². The smallest absolute Gasteiger partial charge is 0.353 e. The first-order chi connectivity index (χ1) is 18.1. The van der Waals surface area contributed by atoms with Crippen LogP contribution in [0.3, 0.4) is 0 Å². The molecule has 2 aromatic heterocycles. The molecule has 2 aliphatic heterocycles. The van der Waals surface area contributed by atoms with Crippen LogP contribution in [-0.2, 0) is 20.1 Å². The summed E-state index contributed by atoms with van der Waals surface area (Å²) >= 11 is 11.2. The summed E-state index contributed by atoms with van der Waals surface area (Å²) in [6.45, 7) is 1.92. The molecule has 1 saturated heterocycles. The number of carboxylic acid groups (broad SMARTS) is 1. The third-order valence-electron chi connectivity index (χ3n) is 5.29. The molecule has 1 fully saturated rings. The number of aromatic nitrogens is 2. The number of fused-ring (bicyclic) bond motifs is 1. The zero-order valence-corrected chi connectivity index (χ0v) is 23.7. The number of nitrogens with zero attached hydrogens (tertiary/aromatic N) is 4. The Bertz CT molecular complexity index is 1330. The van der Waals surface area contributed by atoms with Crippen LogP contribution in [0, 0.1) is 0 Å². The molecule has 0 aromatic carbocycles. The van der Waals surface area contributed by atoms with Crippen molar-refractivity contribution in [3.05, 3.63) is 44.7 Å². The molecule has 38 heavy (non-hydrogen) atoms. The van der Waals surface area contributed by atoms with Crippen molar-refractivity contribution in [1.82, 2.24) is 20.2 Å². The third-order valence-corrected chi connectivity index (χ3v) is 10.3. The van der Waals surface area contributed by atoms with Gasteiger partial charge in [0.1, 0.15) is 27.1 Å². The minimum absolute atomic E-state index is 0.0444. The number of thioether (sulfide) groups is 3. The van der Waals surface area contributed by atoms with Crippen LogP contribution in [0.15, 0.2) is 39.1 Å². The monoisotopic (exact) mass is 615 g/mol. The number of hydrogen-bond acceptors (Lipinski definition) is 13. The van der Waals surface area contributed by atoms with Crippen molar-refractivity contribution < 1.29 is 24.7 Å². The van der Waals surface area contributed by atoms with Crippen molar-refractivity contribution in [2.75, 3.05) is 17.2 Å². The maximum atomic E-state index is 13.0. The molecular weight excluding hydrogens is 594 g/mol. The number of β-lactam (4-membered cyclic amide) rings is 1. The summed E-state index contributed by atoms with van der Waals surface area (Å²) in [6.07, 6.45) is 3.36. The Hall–Kier alpha value is -2.50. The SMILES string of the molecule is CC(N)CSCc1cnccc1SC1=C(C(=O)O)N2C(=O)[C@@H](NC(=O)/C(=N\O)c3nc(N)sc3Cl)[C@H]2SC1. The first kappa shape index (κ1) is 28.5. The van der Waals surface area contributed by atoms with Crippen LogP contribution < -0.4 is 16.8 Å². The molecule has 0 aliphatic carbocycles. The lowest BCUT2D eigenvalue weighted by Crippen LogP contribution is -2.71. The van der Waals surface area contributed by atoms with Gasteiger partial charge in [0.2, 0.25) is 0 Å². The summed E-state index contributed by atoms with van der Waals surface area (Å²) < 4.78 is 0.0447. The van der Waals surface area contributed by atoms with Gasteiger partial charge in [-0.05, 0) is 18.6 Å². The van der Waals surface area contributed by atoms with E-state index in [9.17, 15) is 24.7 Å². The van der Waals surface area contributed by atoms with E-state index in [0.29, 0.717) is 16.4 Å². The van der Waals surface area contributed by atoms with Crippen molar-refractivity contribution in [2.24, 2.45) is 10.9 Å². The van der Waals surface area contributed by atoms with Gasteiger partial charge < -0.3 is 27.1 Å². The Kier molecular flexibility index (Phi) is 9.10. The van der Waals surface area contributed by atoms with Gasteiger partial charge in [-0.15, -0.1) is 11.8 Å². The number of halogens is 1. The zero-order valence-electron chi connectivity index (χ0n) is 19.7. The summed E-state index contributed by atoms with van der Waals surface area (Å²) in [4.78, 5) is 48.6. The number of carboxylic acids is 1. The van der Waals surface area contributed by atoms with E-state index in [4.69, 9.17) is 23.1 Å². The van der Waals surface area contributed by atoms with Crippen LogP contribution in [0.2, 0.25) is 4.34 Å². The maximum absolute atomic E-state index is 13.0. The van der Waals surface area contributed by atoms with Gasteiger partial charge in [-0.2, -0.15) is 11.8 Å². The topological polar surface area (TPSA) is 197 Å². The normalized spacial score (nSPS) is 20.1. The highest BCUT2D eigenvalue weighted by molar-refractivity contribution is 8.06. The van der Waals surface area contributed by atoms with Crippen LogP contribution in [0.25, 0.3) is 0 Å². The number of hydrogen-bond donors (Lipinski definition) is 5. The second-order valence-electron chi connectivity index (χ2n) is 8.14. The van der Waals surface area contributed by atoms with E-state index in [1.807, 2.05) is 13.0 Å². The van der Waals surface area contributed by atoms with Crippen LogP contribution in [-0.4, -0.2) is 77.6 Å². The molecule has 0 radical (unpaired) electrons. The molecule has 202 valence electrons. The number of pyridine rings is 1. The van der Waals surface area contributed by atoms with Gasteiger partial charge in [-0.3, -0.25) is 19.5 Å². The minimum atomic E-state index is -1.25. The molecule has 4 rings (SSSR count). The van der Waals surface area contributed by atoms with Crippen molar-refractivity contribution in [2.45, 2.75) is 35.0 Å². The number of thiazole rings is 1. The van der Waals surface area contributed by atoms with E-state index in [1.54, 1.807) is 24.2 Å². The lowest BCUT2D eigenvalue weighted by molar-refractivity contribution is -0.150. The Labute approximate surface area is 238 Å². The van der Waals surface area contributed by atoms with Crippen molar-refractivity contribution in [3.8, 4) is 0 Å². The first-order valence-corrected chi connectivity index (χ1v) is 15.1. The predicted molar refractivity (Wildman–Crippen MR) is 149 cm³/mol. The molecule has 0 spiro atoms. The van der Waals surface area contributed by atoms with Crippen LogP contribution in [0.1, 0.15) is 18.2 Å². The number of carbonyl (C=O) groups excluding carboxylic acids is 2. The fraction of sp³-hybridized carbons (Fsp3) is 0.333. The number of nitrogens with one attached hydrogen (secondary N) is 1. The van der Waals surface area contributed by atoms with Crippen molar-refractivity contribution >= 4 is 86.9 Å². The van der Waals surface area contributed by atoms with Crippen molar-refractivity contribution in [1.29, 1.82) is 0 Å². The molecule has 12 nitrogen and oxygen atoms in total. The average Bonchev–Trinajstić information content (AvgIpc) is 3.20. The molecule has 0 saturated carbocycles. The summed E-state index contributed by atoms with van der Waals surface area (Å²) in [5.41, 5.74) is 11.6. The Morgan fingerprint density at radius 3 is 2.84 bits per heavy atom. The number of anilines is 1. The standard InChI is InChI=1S/C21H22ClN7O5S4/c1-8(23)5-35-6-9-4-25-3-2-10(9)37-11-7-36-19-14(18(31)29(19)15(11)20(32)33)26-17(30)13(28-34)12-16(22)38-21(24)27-12/h2-4,8,14,19,34H,5-7,23H2,1H3,(H2,24,27)(H,26,30)(H,32,33)/b28-13-/t8?,14-,19-/m1/s1. The van der Waals surface area contributed by atoms with E-state index >= 15 is 0 Å². The fourth-order valence-corrected chi connectivity index (χ4v) is 8.18. The summed E-state index contributed by atoms with van der Waals surface area (Å²) in [5.74, 6) is -1.03. The summed E-state index contributed by atoms with van der Waals surface area (Å²) in [5, 5.41) is 24.2. The quantitative estimate of drug-likeness (QED) is 0.113. The second-order valence-corrected chi connectivity index (χ2v) is 13.0. The number of aliphatic carboxylic acids is 1. The van der Waals surface area contributed by atoms with Gasteiger partial charge >= 0.3 is 5.97 Å². The van der Waals surface area contributed by atoms with Gasteiger partial charge in [0.15, 0.2) is 10.8 Å². The van der Waals surface area contributed by atoms with E-state index < -0.39 is 34.9 Å². The molecule has 0 bridgehead atoms. The zero-order chi connectivity index (χ0) is 27.6. The Morgan fingerprint density at radius 1 is 1.45 bits per heavy atom. The minimum Gasteiger partial charge on any atom is -0.477 e. The average molecular weight is 616 g/mol. The van der Waals surface area contributed by atoms with Gasteiger partial charge in [0.05, 0.1) is 0 Å². The highest BCUT2D eigenvalue weighted by atomic mass is 35.5. The molecule has 1 unspecified atom stereocenters. The molecule has 2 amide bonds. The second kappa shape index (κ2) is 12.1. The van der Waals surface area contributed by atoms with E-state index in [0.717, 1.165) is 27.5 Å². The molecule has 4 heterocycles. The lowest BCUT2D eigenvalue weighted by Gasteiger charge is -2.49. The van der Waals surface area contributed by atoms with Gasteiger partial charge in [-0.25, -0.2) is 9.78 Å². The number of carbonyl (C=O) groups is 3. The highest BCUT2D eigenvalue weighted by Crippen LogP contribution is 2.46. The largest absolute Gasteiger partial charge is 0.477 e. The number of rotatable bonds is 10. The van der Waals surface area contributed by atoms with E-state index in [1.165, 1.54) is 28.4 Å².